The third-order valence-electron chi connectivity index (χ3n) is 3.89. The number of hydrogen-bond acceptors (Lipinski definition) is 5. The number of carbonyl (C=O) groups excluding carboxylic acids is 1. The third kappa shape index (κ3) is 3.47. The van der Waals surface area contributed by atoms with E-state index in [2.05, 4.69) is 10.2 Å². The molecule has 3 aromatic rings. The molecule has 1 aromatic heterocycles. The number of H-pyrrole nitrogens is 1. The van der Waals surface area contributed by atoms with Crippen molar-refractivity contribution in [3.63, 3.8) is 0 Å². The second-order valence-corrected chi connectivity index (χ2v) is 5.63. The normalized spacial score (nSPS) is 16.5. The highest BCUT2D eigenvalue weighted by Gasteiger charge is 2.28. The van der Waals surface area contributed by atoms with Gasteiger partial charge in [-0.2, -0.15) is 5.10 Å². The van der Waals surface area contributed by atoms with Crippen molar-refractivity contribution in [2.24, 2.45) is 0 Å². The average Bonchev–Trinajstić information content (AvgIpc) is 3.30. The minimum atomic E-state index is -0.512. The number of aromatic nitrogens is 2. The predicted octanol–water partition coefficient (Wildman–Crippen LogP) is 3.56. The highest BCUT2D eigenvalue weighted by molar-refractivity contribution is 5.76. The van der Waals surface area contributed by atoms with Gasteiger partial charge in [0, 0.05) is 12.6 Å². The highest BCUT2D eigenvalue weighted by Crippen LogP contribution is 2.27. The molecule has 6 nitrogen and oxygen atoms in total. The summed E-state index contributed by atoms with van der Waals surface area (Å²) in [6, 6.07) is 16.8. The second kappa shape index (κ2) is 6.68. The summed E-state index contributed by atoms with van der Waals surface area (Å²) < 4.78 is 16.3. The molecule has 126 valence electrons. The lowest BCUT2D eigenvalue weighted by Gasteiger charge is -2.11. The van der Waals surface area contributed by atoms with E-state index in [-0.39, 0.29) is 5.97 Å². The Hall–Kier alpha value is -3.28. The molecule has 0 saturated carbocycles. The summed E-state index contributed by atoms with van der Waals surface area (Å²) in [5.41, 5.74) is 2.00. The number of carbonyl (C=O) groups is 1. The molecule has 1 N–H and O–H groups in total. The van der Waals surface area contributed by atoms with E-state index in [1.807, 2.05) is 30.3 Å². The summed E-state index contributed by atoms with van der Waals surface area (Å²) >= 11 is 0. The van der Waals surface area contributed by atoms with Crippen molar-refractivity contribution >= 4 is 5.97 Å². The Bertz CT molecular complexity index is 842. The van der Waals surface area contributed by atoms with Crippen LogP contribution in [0.15, 0.2) is 60.8 Å². The van der Waals surface area contributed by atoms with Crippen LogP contribution in [0.5, 0.6) is 17.2 Å². The van der Waals surface area contributed by atoms with Crippen molar-refractivity contribution in [3.05, 3.63) is 60.8 Å². The summed E-state index contributed by atoms with van der Waals surface area (Å²) in [5, 5.41) is 6.87. The maximum absolute atomic E-state index is 11.4. The molecule has 2 heterocycles. The van der Waals surface area contributed by atoms with E-state index >= 15 is 0 Å². The minimum absolute atomic E-state index is 0.308. The minimum Gasteiger partial charge on any atom is -0.479 e. The average molecular weight is 336 g/mol. The molecule has 25 heavy (non-hydrogen) atoms. The summed E-state index contributed by atoms with van der Waals surface area (Å²) in [4.78, 5) is 11.4. The number of hydrogen-bond donors (Lipinski definition) is 1. The fourth-order valence-corrected chi connectivity index (χ4v) is 2.59. The van der Waals surface area contributed by atoms with Crippen LogP contribution in [0, 0.1) is 0 Å². The molecule has 1 aliphatic rings. The van der Waals surface area contributed by atoms with Crippen molar-refractivity contribution in [2.75, 3.05) is 6.61 Å². The number of benzene rings is 2. The Morgan fingerprint density at radius 2 is 1.64 bits per heavy atom. The maximum atomic E-state index is 11.4. The van der Waals surface area contributed by atoms with Gasteiger partial charge >= 0.3 is 5.97 Å². The first kappa shape index (κ1) is 15.3. The molecule has 1 fully saturated rings. The number of cyclic esters (lactones) is 1. The molecule has 0 bridgehead atoms. The fraction of sp³-hybridized carbons (Fsp3) is 0.158. The topological polar surface area (TPSA) is 73.4 Å². The largest absolute Gasteiger partial charge is 0.479 e. The first-order valence-electron chi connectivity index (χ1n) is 7.99. The molecule has 0 unspecified atom stereocenters. The number of rotatable bonds is 5. The zero-order valence-electron chi connectivity index (χ0n) is 13.3. The van der Waals surface area contributed by atoms with E-state index < -0.39 is 6.10 Å². The van der Waals surface area contributed by atoms with E-state index in [0.717, 1.165) is 17.0 Å². The Morgan fingerprint density at radius 3 is 2.24 bits per heavy atom. The molecule has 1 aliphatic heterocycles. The van der Waals surface area contributed by atoms with Crippen LogP contribution in [0.25, 0.3) is 11.3 Å². The van der Waals surface area contributed by atoms with Crippen LogP contribution >= 0.6 is 0 Å². The quantitative estimate of drug-likeness (QED) is 0.721. The monoisotopic (exact) mass is 336 g/mol. The van der Waals surface area contributed by atoms with E-state index in [9.17, 15) is 4.79 Å². The van der Waals surface area contributed by atoms with Crippen LogP contribution in [-0.2, 0) is 9.53 Å². The van der Waals surface area contributed by atoms with Crippen LogP contribution in [0.1, 0.15) is 6.42 Å². The second-order valence-electron chi connectivity index (χ2n) is 5.63. The number of aromatic amines is 1. The maximum Gasteiger partial charge on any atom is 0.347 e. The van der Waals surface area contributed by atoms with E-state index in [0.29, 0.717) is 24.5 Å². The summed E-state index contributed by atoms with van der Waals surface area (Å²) in [6.07, 6.45) is 1.79. The number of esters is 1. The Morgan fingerprint density at radius 1 is 0.960 bits per heavy atom. The van der Waals surface area contributed by atoms with Crippen LogP contribution in [-0.4, -0.2) is 28.9 Å². The van der Waals surface area contributed by atoms with Crippen molar-refractivity contribution in [3.8, 4) is 28.5 Å². The molecule has 1 saturated heterocycles. The smallest absolute Gasteiger partial charge is 0.347 e. The van der Waals surface area contributed by atoms with Gasteiger partial charge in [0.1, 0.15) is 17.2 Å². The summed E-state index contributed by atoms with van der Waals surface area (Å²) in [7, 11) is 0. The molecule has 0 aliphatic carbocycles. The Balaban J connectivity index is 1.40. The summed E-state index contributed by atoms with van der Waals surface area (Å²) in [5.74, 6) is 1.73. The van der Waals surface area contributed by atoms with Crippen LogP contribution in [0.4, 0.5) is 0 Å². The molecule has 0 spiro atoms. The zero-order valence-corrected chi connectivity index (χ0v) is 13.3. The van der Waals surface area contributed by atoms with Gasteiger partial charge in [0.25, 0.3) is 0 Å². The molecule has 2 aromatic carbocycles. The molecular formula is C19H16N2O4. The van der Waals surface area contributed by atoms with Gasteiger partial charge in [-0.25, -0.2) is 4.79 Å². The van der Waals surface area contributed by atoms with Gasteiger partial charge in [0.05, 0.1) is 12.3 Å². The van der Waals surface area contributed by atoms with E-state index in [1.165, 1.54) is 0 Å². The number of nitrogens with zero attached hydrogens (tertiary/aromatic N) is 1. The van der Waals surface area contributed by atoms with Gasteiger partial charge in [-0.3, -0.25) is 5.10 Å². The number of ether oxygens (including phenoxy) is 3. The lowest BCUT2D eigenvalue weighted by molar-refractivity contribution is -0.143. The van der Waals surface area contributed by atoms with Gasteiger partial charge in [-0.05, 0) is 60.2 Å². The Kier molecular flexibility index (Phi) is 4.08. The van der Waals surface area contributed by atoms with Crippen LogP contribution in [0.2, 0.25) is 0 Å². The van der Waals surface area contributed by atoms with Crippen molar-refractivity contribution in [2.45, 2.75) is 12.5 Å². The molecule has 0 amide bonds. The van der Waals surface area contributed by atoms with Gasteiger partial charge < -0.3 is 14.2 Å². The van der Waals surface area contributed by atoms with Gasteiger partial charge in [-0.15, -0.1) is 0 Å². The molecule has 6 heteroatoms. The van der Waals surface area contributed by atoms with Crippen molar-refractivity contribution < 1.29 is 19.0 Å². The van der Waals surface area contributed by atoms with E-state index in [1.54, 1.807) is 30.5 Å². The molecule has 0 radical (unpaired) electrons. The molecule has 1 atom stereocenters. The fourth-order valence-electron chi connectivity index (χ4n) is 2.59. The number of nitrogens with one attached hydrogen (secondary N) is 1. The van der Waals surface area contributed by atoms with Crippen molar-refractivity contribution in [1.82, 2.24) is 10.2 Å². The first-order valence-corrected chi connectivity index (χ1v) is 7.99. The van der Waals surface area contributed by atoms with Gasteiger partial charge in [0.15, 0.2) is 6.10 Å². The molecule has 4 rings (SSSR count). The summed E-state index contributed by atoms with van der Waals surface area (Å²) in [6.45, 7) is 0.416. The van der Waals surface area contributed by atoms with Gasteiger partial charge in [-0.1, -0.05) is 0 Å². The standard InChI is InChI=1S/C19H16N2O4/c22-19-18(10-12-23-19)25-16-7-5-15(6-8-16)24-14-3-1-13(2-4-14)17-9-11-20-21-17/h1-9,11,18H,10,12H2,(H,20,21)/t18-/m1/s1. The lowest BCUT2D eigenvalue weighted by Crippen LogP contribution is -2.21. The van der Waals surface area contributed by atoms with E-state index in [4.69, 9.17) is 14.2 Å². The third-order valence-corrected chi connectivity index (χ3v) is 3.89. The lowest BCUT2D eigenvalue weighted by atomic mass is 10.1. The highest BCUT2D eigenvalue weighted by atomic mass is 16.6. The predicted molar refractivity (Wildman–Crippen MR) is 90.5 cm³/mol. The Labute approximate surface area is 144 Å². The van der Waals surface area contributed by atoms with Crippen LogP contribution < -0.4 is 9.47 Å². The van der Waals surface area contributed by atoms with Crippen molar-refractivity contribution in [1.29, 1.82) is 0 Å². The molecular weight excluding hydrogens is 320 g/mol. The first-order chi connectivity index (χ1) is 12.3. The van der Waals surface area contributed by atoms with Gasteiger partial charge in [0.2, 0.25) is 0 Å². The zero-order chi connectivity index (χ0) is 17.1. The van der Waals surface area contributed by atoms with Crippen LogP contribution in [0.3, 0.4) is 0 Å². The SMILES string of the molecule is O=C1OCC[C@H]1Oc1ccc(Oc2ccc(-c3ccn[nH]3)cc2)cc1.